The average molecular weight is 341 g/mol. The van der Waals surface area contributed by atoms with E-state index in [2.05, 4.69) is 27.8 Å². The first-order chi connectivity index (χ1) is 8.86. The van der Waals surface area contributed by atoms with Crippen LogP contribution in [0, 0.1) is 17.1 Å². The number of allylic oxidation sites excluding steroid dienone is 1. The summed E-state index contributed by atoms with van der Waals surface area (Å²) in [5.41, 5.74) is 0.742. The molecule has 19 heavy (non-hydrogen) atoms. The molecule has 1 aromatic carbocycles. The van der Waals surface area contributed by atoms with Crippen molar-refractivity contribution in [2.45, 2.75) is 6.92 Å². The van der Waals surface area contributed by atoms with E-state index in [1.807, 2.05) is 6.07 Å². The fraction of sp³-hybridized carbons (Fsp3) is 0.0769. The Labute approximate surface area is 124 Å². The molecular weight excluding hydrogens is 331 g/mol. The van der Waals surface area contributed by atoms with Crippen LogP contribution in [0.3, 0.4) is 0 Å². The summed E-state index contributed by atoms with van der Waals surface area (Å²) in [4.78, 5) is 0.0373. The van der Waals surface area contributed by atoms with Crippen LogP contribution in [-0.4, -0.2) is 10.1 Å². The molecule has 0 aliphatic rings. The number of benzene rings is 1. The van der Waals surface area contributed by atoms with Gasteiger partial charge in [-0.2, -0.15) is 5.26 Å². The summed E-state index contributed by atoms with van der Waals surface area (Å²) in [5, 5.41) is 21.5. The van der Waals surface area contributed by atoms with E-state index >= 15 is 0 Å². The number of hydrogen-bond donors (Lipinski definition) is 2. The van der Waals surface area contributed by atoms with Crippen LogP contribution in [0.25, 0.3) is 0 Å². The molecule has 0 aromatic heterocycles. The summed E-state index contributed by atoms with van der Waals surface area (Å²) in [6.45, 7) is 5.10. The topological polar surface area (TPSA) is 56.0 Å². The highest BCUT2D eigenvalue weighted by Gasteiger charge is 2.13. The van der Waals surface area contributed by atoms with E-state index in [9.17, 15) is 9.50 Å². The second-order valence-corrected chi connectivity index (χ2v) is 4.96. The van der Waals surface area contributed by atoms with Crippen molar-refractivity contribution in [3.05, 3.63) is 52.0 Å². The van der Waals surface area contributed by atoms with Gasteiger partial charge in [-0.3, -0.25) is 0 Å². The maximum Gasteiger partial charge on any atom is 0.138 e. The van der Waals surface area contributed by atoms with Crippen LogP contribution in [0.2, 0.25) is 0 Å². The van der Waals surface area contributed by atoms with Crippen LogP contribution in [0.4, 0.5) is 10.1 Å². The van der Waals surface area contributed by atoms with Crippen LogP contribution in [0.1, 0.15) is 6.92 Å². The molecule has 0 saturated heterocycles. The first kappa shape index (κ1) is 15.3. The van der Waals surface area contributed by atoms with Crippen LogP contribution < -0.4 is 5.32 Å². The van der Waals surface area contributed by atoms with Crippen molar-refractivity contribution in [1.82, 2.24) is 0 Å². The van der Waals surface area contributed by atoms with Gasteiger partial charge in [0.2, 0.25) is 0 Å². The summed E-state index contributed by atoms with van der Waals surface area (Å²) in [7, 11) is 0. The predicted octanol–water partition coefficient (Wildman–Crippen LogP) is 4.24. The van der Waals surface area contributed by atoms with Crippen molar-refractivity contribution in [3.63, 3.8) is 0 Å². The lowest BCUT2D eigenvalue weighted by Gasteiger charge is -2.10. The lowest BCUT2D eigenvalue weighted by Crippen LogP contribution is -2.14. The third-order valence-corrected chi connectivity index (χ3v) is 3.12. The predicted molar refractivity (Wildman–Crippen MR) is 80.4 cm³/mol. The van der Waals surface area contributed by atoms with Gasteiger partial charge >= 0.3 is 0 Å². The average Bonchev–Trinajstić information content (AvgIpc) is 2.33. The zero-order chi connectivity index (χ0) is 14.6. The van der Waals surface area contributed by atoms with E-state index in [4.69, 9.17) is 17.5 Å². The SMILES string of the molecule is C=C(C)C(O)=C(C#N)C(=S)Nc1ccc(F)cc1Br. The first-order valence-electron chi connectivity index (χ1n) is 5.12. The molecule has 0 aliphatic carbocycles. The van der Waals surface area contributed by atoms with Gasteiger partial charge in [0.25, 0.3) is 0 Å². The van der Waals surface area contributed by atoms with Crippen LogP contribution >= 0.6 is 28.1 Å². The Morgan fingerprint density at radius 3 is 2.68 bits per heavy atom. The Kier molecular flexibility index (Phi) is 5.21. The van der Waals surface area contributed by atoms with Gasteiger partial charge in [0.15, 0.2) is 0 Å². The molecule has 0 unspecified atom stereocenters. The van der Waals surface area contributed by atoms with E-state index in [1.54, 1.807) is 6.92 Å². The molecule has 0 bridgehead atoms. The van der Waals surface area contributed by atoms with Crippen molar-refractivity contribution < 1.29 is 9.50 Å². The molecule has 0 amide bonds. The van der Waals surface area contributed by atoms with Crippen LogP contribution in [-0.2, 0) is 0 Å². The standard InChI is InChI=1S/C13H10BrFN2OS/c1-7(2)12(18)9(6-16)13(19)17-11-4-3-8(15)5-10(11)14/h3-5,18H,1H2,2H3,(H,17,19). The van der Waals surface area contributed by atoms with Crippen molar-refractivity contribution in [2.75, 3.05) is 5.32 Å². The Morgan fingerprint density at radius 1 is 1.58 bits per heavy atom. The van der Waals surface area contributed by atoms with Crippen molar-refractivity contribution in [1.29, 1.82) is 5.26 Å². The second kappa shape index (κ2) is 6.45. The number of anilines is 1. The van der Waals surface area contributed by atoms with Gasteiger partial charge in [-0.1, -0.05) is 18.8 Å². The molecule has 1 rings (SSSR count). The maximum absolute atomic E-state index is 12.9. The number of halogens is 2. The molecule has 6 heteroatoms. The number of nitrogens with one attached hydrogen (secondary N) is 1. The van der Waals surface area contributed by atoms with Crippen LogP contribution in [0.15, 0.2) is 46.2 Å². The van der Waals surface area contributed by atoms with Gasteiger partial charge < -0.3 is 10.4 Å². The highest BCUT2D eigenvalue weighted by Crippen LogP contribution is 2.24. The second-order valence-electron chi connectivity index (χ2n) is 3.69. The highest BCUT2D eigenvalue weighted by molar-refractivity contribution is 9.10. The zero-order valence-electron chi connectivity index (χ0n) is 10.00. The first-order valence-corrected chi connectivity index (χ1v) is 6.32. The number of hydrogen-bond acceptors (Lipinski definition) is 3. The Morgan fingerprint density at radius 2 is 2.21 bits per heavy atom. The number of nitrogens with zero attached hydrogens (tertiary/aromatic N) is 1. The van der Waals surface area contributed by atoms with Gasteiger partial charge in [0, 0.05) is 4.47 Å². The minimum atomic E-state index is -0.399. The third kappa shape index (κ3) is 3.88. The Bertz CT molecular complexity index is 620. The minimum Gasteiger partial charge on any atom is -0.506 e. The number of nitriles is 1. The summed E-state index contributed by atoms with van der Waals surface area (Å²) in [6.07, 6.45) is 0. The molecule has 0 aliphatic heterocycles. The molecule has 0 saturated carbocycles. The largest absolute Gasteiger partial charge is 0.506 e. The molecule has 3 nitrogen and oxygen atoms in total. The Balaban J connectivity index is 3.06. The van der Waals surface area contributed by atoms with E-state index in [-0.39, 0.29) is 16.3 Å². The van der Waals surface area contributed by atoms with Crippen molar-refractivity contribution in [3.8, 4) is 6.07 Å². The van der Waals surface area contributed by atoms with E-state index in [0.29, 0.717) is 15.7 Å². The summed E-state index contributed by atoms with van der Waals surface area (Å²) >= 11 is 8.21. The smallest absolute Gasteiger partial charge is 0.138 e. The van der Waals surface area contributed by atoms with Gasteiger partial charge in [0.05, 0.1) is 5.69 Å². The van der Waals surface area contributed by atoms with Crippen LogP contribution in [0.5, 0.6) is 0 Å². The quantitative estimate of drug-likeness (QED) is 0.284. The Hall–Kier alpha value is -1.71. The van der Waals surface area contributed by atoms with E-state index in [1.165, 1.54) is 18.2 Å². The summed E-state index contributed by atoms with van der Waals surface area (Å²) in [5.74, 6) is -0.664. The van der Waals surface area contributed by atoms with Gasteiger partial charge in [-0.15, -0.1) is 0 Å². The number of rotatable bonds is 3. The highest BCUT2D eigenvalue weighted by atomic mass is 79.9. The number of aliphatic hydroxyl groups is 1. The third-order valence-electron chi connectivity index (χ3n) is 2.16. The van der Waals surface area contributed by atoms with Crippen molar-refractivity contribution in [2.24, 2.45) is 0 Å². The number of aliphatic hydroxyl groups excluding tert-OH is 1. The molecule has 0 heterocycles. The van der Waals surface area contributed by atoms with Crippen molar-refractivity contribution >= 4 is 38.8 Å². The monoisotopic (exact) mass is 340 g/mol. The molecule has 0 radical (unpaired) electrons. The van der Waals surface area contributed by atoms with Gasteiger partial charge in [0.1, 0.15) is 28.2 Å². The van der Waals surface area contributed by atoms with E-state index < -0.39 is 5.82 Å². The summed E-state index contributed by atoms with van der Waals surface area (Å²) in [6, 6.07) is 5.80. The lowest BCUT2D eigenvalue weighted by atomic mass is 10.1. The zero-order valence-corrected chi connectivity index (χ0v) is 12.4. The molecule has 0 atom stereocenters. The van der Waals surface area contributed by atoms with Gasteiger partial charge in [-0.05, 0) is 46.6 Å². The number of thiocarbonyl (C=S) groups is 1. The molecule has 0 fully saturated rings. The summed E-state index contributed by atoms with van der Waals surface area (Å²) < 4.78 is 13.4. The fourth-order valence-corrected chi connectivity index (χ4v) is 1.90. The lowest BCUT2D eigenvalue weighted by molar-refractivity contribution is 0.422. The molecule has 1 aromatic rings. The molecule has 0 spiro atoms. The van der Waals surface area contributed by atoms with Gasteiger partial charge in [-0.25, -0.2) is 4.39 Å². The van der Waals surface area contributed by atoms with E-state index in [0.717, 1.165) is 0 Å². The molecule has 98 valence electrons. The molecular formula is C13H10BrFN2OS. The minimum absolute atomic E-state index is 0.0373. The fourth-order valence-electron chi connectivity index (χ4n) is 1.20. The normalized spacial score (nSPS) is 11.3. The maximum atomic E-state index is 12.9. The molecule has 2 N–H and O–H groups in total.